The Morgan fingerprint density at radius 3 is 2.32 bits per heavy atom. The lowest BCUT2D eigenvalue weighted by Gasteiger charge is -2.23. The number of rotatable bonds is 12. The van der Waals surface area contributed by atoms with Crippen LogP contribution in [0, 0.1) is 11.3 Å². The highest BCUT2D eigenvalue weighted by molar-refractivity contribution is 6.26. The molecule has 1 aliphatic rings. The summed E-state index contributed by atoms with van der Waals surface area (Å²) in [5, 5.41) is 9.62. The third-order valence-corrected chi connectivity index (χ3v) is 3.65. The Hall–Kier alpha value is -1.76. The molecular weight excluding hydrogens is 324 g/mol. The van der Waals surface area contributed by atoms with Gasteiger partial charge in [0.05, 0.1) is 18.4 Å². The number of Topliss-reactive ketones (excluding diaryl/α,β-unsaturated/α-hetero) is 1. The van der Waals surface area contributed by atoms with E-state index in [2.05, 4.69) is 5.32 Å². The van der Waals surface area contributed by atoms with Crippen LogP contribution in [0.5, 0.6) is 0 Å². The Labute approximate surface area is 149 Å². The van der Waals surface area contributed by atoms with Gasteiger partial charge in [-0.1, -0.05) is 13.8 Å². The minimum atomic E-state index is -0.920. The topological polar surface area (TPSA) is 106 Å². The first kappa shape index (κ1) is 21.3. The van der Waals surface area contributed by atoms with Crippen LogP contribution in [-0.4, -0.2) is 48.2 Å². The maximum Gasteiger partial charge on any atom is 0.328 e. The third kappa shape index (κ3) is 8.77. The monoisotopic (exact) mass is 354 g/mol. The Morgan fingerprint density at radius 1 is 1.20 bits per heavy atom. The van der Waals surface area contributed by atoms with Crippen LogP contribution in [0.1, 0.15) is 59.8 Å². The molecule has 1 amide bonds. The summed E-state index contributed by atoms with van der Waals surface area (Å²) in [6, 6.07) is -0.920. The molecule has 0 aromatic rings. The molecule has 7 heteroatoms. The quantitative estimate of drug-likeness (QED) is 0.412. The highest BCUT2D eigenvalue weighted by Crippen LogP contribution is 2.27. The first-order valence-electron chi connectivity index (χ1n) is 8.92. The van der Waals surface area contributed by atoms with Crippen LogP contribution in [0.4, 0.5) is 0 Å². The zero-order chi connectivity index (χ0) is 19.0. The number of ketones is 1. The van der Waals surface area contributed by atoms with Crippen molar-refractivity contribution >= 4 is 23.9 Å². The molecule has 0 aliphatic heterocycles. The molecule has 0 unspecified atom stereocenters. The smallest absolute Gasteiger partial charge is 0.328 e. The molecule has 1 fully saturated rings. The summed E-state index contributed by atoms with van der Waals surface area (Å²) in [7, 11) is 0. The molecule has 142 valence electrons. The van der Waals surface area contributed by atoms with E-state index in [1.54, 1.807) is 13.8 Å². The second-order valence-corrected chi connectivity index (χ2v) is 7.15. The second-order valence-electron chi connectivity index (χ2n) is 7.15. The van der Waals surface area contributed by atoms with Crippen LogP contribution >= 0.6 is 0 Å². The average Bonchev–Trinajstić information content (AvgIpc) is 3.32. The fraction of sp³-hybridized carbons (Fsp3) is 0.778. The second kappa shape index (κ2) is 10.3. The van der Waals surface area contributed by atoms with Crippen molar-refractivity contribution in [1.82, 2.24) is 5.32 Å². The number of ether oxygens (including phenoxy) is 2. The van der Waals surface area contributed by atoms with Crippen LogP contribution in [0.25, 0.3) is 0 Å². The summed E-state index contributed by atoms with van der Waals surface area (Å²) in [5.74, 6) is -1.05. The lowest BCUT2D eigenvalue weighted by atomic mass is 10.0. The van der Waals surface area contributed by atoms with Crippen LogP contribution in [0.2, 0.25) is 0 Å². The van der Waals surface area contributed by atoms with Crippen molar-refractivity contribution in [3.05, 3.63) is 0 Å². The number of hydrogen-bond acceptors (Lipinski definition) is 6. The van der Waals surface area contributed by atoms with E-state index in [1.807, 2.05) is 13.8 Å². The summed E-state index contributed by atoms with van der Waals surface area (Å²) in [5.41, 5.74) is 0. The van der Waals surface area contributed by atoms with Crippen molar-refractivity contribution in [3.8, 4) is 0 Å². The van der Waals surface area contributed by atoms with Gasteiger partial charge in [-0.25, -0.2) is 4.79 Å². The Kier molecular flexibility index (Phi) is 8.75. The molecule has 1 rings (SSSR count). The van der Waals surface area contributed by atoms with Gasteiger partial charge in [-0.3, -0.25) is 9.59 Å². The van der Waals surface area contributed by atoms with Gasteiger partial charge in [-0.05, 0) is 45.4 Å². The molecule has 2 atom stereocenters. The van der Waals surface area contributed by atoms with Crippen molar-refractivity contribution < 1.29 is 23.9 Å². The molecule has 1 aliphatic carbocycles. The highest BCUT2D eigenvalue weighted by Gasteiger charge is 2.33. The standard InChI is InChI=1S/C18H30N2O5/c1-11(2)9-16(25-14-6-7-14)17(22)20-15(8-5-13(21)10-19)18(23)24-12(3)4/h10-12,14-16,19H,5-9H2,1-4H3,(H,20,22)/t15-,16-/m0/s1. The largest absolute Gasteiger partial charge is 0.461 e. The van der Waals surface area contributed by atoms with Crippen molar-refractivity contribution in [2.45, 2.75) is 84.2 Å². The number of esters is 1. The first-order chi connectivity index (χ1) is 11.7. The number of carbonyl (C=O) groups is 3. The molecule has 1 saturated carbocycles. The molecule has 0 bridgehead atoms. The van der Waals surface area contributed by atoms with Gasteiger partial charge in [0.2, 0.25) is 5.91 Å². The molecular formula is C18H30N2O5. The molecule has 0 spiro atoms. The van der Waals surface area contributed by atoms with E-state index < -0.39 is 23.9 Å². The molecule has 0 heterocycles. The SMILES string of the molecule is CC(C)C[C@H](OC1CC1)C(=O)N[C@@H](CCC(=O)C=N)C(=O)OC(C)C. The van der Waals surface area contributed by atoms with Gasteiger partial charge in [-0.15, -0.1) is 0 Å². The number of nitrogens with one attached hydrogen (secondary N) is 2. The third-order valence-electron chi connectivity index (χ3n) is 3.65. The predicted molar refractivity (Wildman–Crippen MR) is 93.5 cm³/mol. The van der Waals surface area contributed by atoms with Crippen molar-refractivity contribution in [1.29, 1.82) is 5.41 Å². The molecule has 0 aromatic carbocycles. The zero-order valence-corrected chi connectivity index (χ0v) is 15.5. The molecule has 0 saturated heterocycles. The van der Waals surface area contributed by atoms with E-state index in [9.17, 15) is 14.4 Å². The maximum absolute atomic E-state index is 12.6. The molecule has 2 N–H and O–H groups in total. The zero-order valence-electron chi connectivity index (χ0n) is 15.5. The minimum absolute atomic E-state index is 0.0000285. The summed E-state index contributed by atoms with van der Waals surface area (Å²) < 4.78 is 10.9. The summed E-state index contributed by atoms with van der Waals surface area (Å²) in [4.78, 5) is 36.2. The van der Waals surface area contributed by atoms with Gasteiger partial charge in [-0.2, -0.15) is 0 Å². The predicted octanol–water partition coefficient (Wildman–Crippen LogP) is 2.02. The lowest BCUT2D eigenvalue weighted by Crippen LogP contribution is -2.48. The van der Waals surface area contributed by atoms with Crippen LogP contribution in [0.15, 0.2) is 0 Å². The summed E-state index contributed by atoms with van der Waals surface area (Å²) in [6.45, 7) is 7.45. The number of carbonyl (C=O) groups excluding carboxylic acids is 3. The van der Waals surface area contributed by atoms with E-state index in [0.29, 0.717) is 12.6 Å². The van der Waals surface area contributed by atoms with Crippen LogP contribution < -0.4 is 5.32 Å². The average molecular weight is 354 g/mol. The Bertz CT molecular complexity index is 482. The normalized spacial score (nSPS) is 16.4. The van der Waals surface area contributed by atoms with Crippen molar-refractivity contribution in [2.24, 2.45) is 5.92 Å². The van der Waals surface area contributed by atoms with Crippen molar-refractivity contribution in [2.75, 3.05) is 0 Å². The number of amides is 1. The van der Waals surface area contributed by atoms with E-state index in [0.717, 1.165) is 12.8 Å². The van der Waals surface area contributed by atoms with E-state index in [-0.39, 0.29) is 36.9 Å². The fourth-order valence-electron chi connectivity index (χ4n) is 2.28. The van der Waals surface area contributed by atoms with Gasteiger partial charge in [0.25, 0.3) is 0 Å². The van der Waals surface area contributed by atoms with Gasteiger partial charge >= 0.3 is 5.97 Å². The fourth-order valence-corrected chi connectivity index (χ4v) is 2.28. The molecule has 7 nitrogen and oxygen atoms in total. The first-order valence-corrected chi connectivity index (χ1v) is 8.92. The van der Waals surface area contributed by atoms with Gasteiger partial charge in [0.1, 0.15) is 12.1 Å². The van der Waals surface area contributed by atoms with E-state index >= 15 is 0 Å². The summed E-state index contributed by atoms with van der Waals surface area (Å²) in [6.07, 6.45) is 2.47. The number of hydrogen-bond donors (Lipinski definition) is 2. The highest BCUT2D eigenvalue weighted by atomic mass is 16.5. The van der Waals surface area contributed by atoms with E-state index in [4.69, 9.17) is 14.9 Å². The van der Waals surface area contributed by atoms with Crippen LogP contribution in [0.3, 0.4) is 0 Å². The Morgan fingerprint density at radius 2 is 1.84 bits per heavy atom. The minimum Gasteiger partial charge on any atom is -0.461 e. The maximum atomic E-state index is 12.6. The molecule has 25 heavy (non-hydrogen) atoms. The molecule has 0 aromatic heterocycles. The lowest BCUT2D eigenvalue weighted by molar-refractivity contribution is -0.153. The van der Waals surface area contributed by atoms with Gasteiger partial charge in [0, 0.05) is 6.42 Å². The van der Waals surface area contributed by atoms with Crippen molar-refractivity contribution in [3.63, 3.8) is 0 Å². The molecule has 0 radical (unpaired) electrons. The van der Waals surface area contributed by atoms with E-state index in [1.165, 1.54) is 0 Å². The van der Waals surface area contributed by atoms with Gasteiger partial charge < -0.3 is 20.2 Å². The van der Waals surface area contributed by atoms with Crippen LogP contribution in [-0.2, 0) is 23.9 Å². The summed E-state index contributed by atoms with van der Waals surface area (Å²) >= 11 is 0. The van der Waals surface area contributed by atoms with Gasteiger partial charge in [0.15, 0.2) is 5.78 Å². The Balaban J connectivity index is 2.73.